The van der Waals surface area contributed by atoms with Gasteiger partial charge in [-0.15, -0.1) is 0 Å². The lowest BCUT2D eigenvalue weighted by molar-refractivity contribution is 0.757. The molecule has 0 bridgehead atoms. The van der Waals surface area contributed by atoms with Crippen LogP contribution in [0.1, 0.15) is 22.9 Å². The van der Waals surface area contributed by atoms with Crippen LogP contribution in [0, 0.1) is 0 Å². The van der Waals surface area contributed by atoms with Crippen molar-refractivity contribution in [1.82, 2.24) is 5.32 Å². The quantitative estimate of drug-likeness (QED) is 0.239. The SMILES string of the molecule is c1ccc(-c2ccc3cc(C4=NC(c5ccc6ccccc6c5)N=C(c5ccc6ccccc6c5)N4)ccc3c2)cc1. The maximum absolute atomic E-state index is 5.16. The number of hydrogen-bond donors (Lipinski definition) is 1. The van der Waals surface area contributed by atoms with Crippen molar-refractivity contribution in [3.05, 3.63) is 168 Å². The second-order valence-electron chi connectivity index (χ2n) is 10.8. The lowest BCUT2D eigenvalue weighted by atomic mass is 9.99. The summed E-state index contributed by atoms with van der Waals surface area (Å²) in [6, 6.07) is 53.6. The zero-order valence-corrected chi connectivity index (χ0v) is 22.9. The standard InChI is InChI=1S/C39H27N3/c1-2-8-26(9-3-1)31-16-17-33-25-36(21-18-32(33)22-31)39-41-37(34-19-14-27-10-4-6-12-29(27)23-34)40-38(42-39)35-20-15-28-11-5-7-13-30(28)24-35/h1-25,37H,(H,40,41,42). The highest BCUT2D eigenvalue weighted by Crippen LogP contribution is 2.30. The summed E-state index contributed by atoms with van der Waals surface area (Å²) in [5.41, 5.74) is 5.58. The van der Waals surface area contributed by atoms with Crippen LogP contribution in [0.4, 0.5) is 0 Å². The zero-order chi connectivity index (χ0) is 27.9. The summed E-state index contributed by atoms with van der Waals surface area (Å²) in [6.45, 7) is 0. The van der Waals surface area contributed by atoms with Crippen molar-refractivity contribution in [1.29, 1.82) is 0 Å². The summed E-state index contributed by atoms with van der Waals surface area (Å²) in [6.07, 6.45) is -0.358. The monoisotopic (exact) mass is 537 g/mol. The van der Waals surface area contributed by atoms with Gasteiger partial charge in [-0.05, 0) is 73.3 Å². The molecular formula is C39H27N3. The third-order valence-corrected chi connectivity index (χ3v) is 8.05. The van der Waals surface area contributed by atoms with E-state index >= 15 is 0 Å². The van der Waals surface area contributed by atoms with E-state index in [2.05, 4.69) is 157 Å². The second-order valence-corrected chi connectivity index (χ2v) is 10.8. The molecule has 1 N–H and O–H groups in total. The summed E-state index contributed by atoms with van der Waals surface area (Å²) >= 11 is 0. The summed E-state index contributed by atoms with van der Waals surface area (Å²) in [5, 5.41) is 10.8. The lowest BCUT2D eigenvalue weighted by Gasteiger charge is -2.23. The van der Waals surface area contributed by atoms with E-state index in [-0.39, 0.29) is 6.17 Å². The molecule has 8 rings (SSSR count). The molecule has 7 aromatic rings. The van der Waals surface area contributed by atoms with Gasteiger partial charge < -0.3 is 5.32 Å². The molecule has 0 saturated carbocycles. The molecule has 3 heteroatoms. The van der Waals surface area contributed by atoms with Gasteiger partial charge in [-0.25, -0.2) is 9.98 Å². The number of hydrogen-bond acceptors (Lipinski definition) is 3. The van der Waals surface area contributed by atoms with Gasteiger partial charge in [0.2, 0.25) is 0 Å². The predicted octanol–water partition coefficient (Wildman–Crippen LogP) is 9.31. The van der Waals surface area contributed by atoms with E-state index in [1.807, 2.05) is 0 Å². The molecule has 1 heterocycles. The van der Waals surface area contributed by atoms with E-state index in [1.54, 1.807) is 0 Å². The molecule has 1 aliphatic heterocycles. The fraction of sp³-hybridized carbons (Fsp3) is 0.0256. The van der Waals surface area contributed by atoms with Gasteiger partial charge in [0.1, 0.15) is 11.7 Å². The van der Waals surface area contributed by atoms with Gasteiger partial charge in [-0.3, -0.25) is 0 Å². The number of aliphatic imine (C=N–C) groups is 2. The highest BCUT2D eigenvalue weighted by molar-refractivity contribution is 6.17. The highest BCUT2D eigenvalue weighted by atomic mass is 15.2. The molecule has 1 atom stereocenters. The van der Waals surface area contributed by atoms with Crippen molar-refractivity contribution >= 4 is 44.0 Å². The van der Waals surface area contributed by atoms with Gasteiger partial charge in [-0.1, -0.05) is 127 Å². The van der Waals surface area contributed by atoms with Crippen LogP contribution in [0.15, 0.2) is 162 Å². The van der Waals surface area contributed by atoms with Gasteiger partial charge in [0.05, 0.1) is 0 Å². The topological polar surface area (TPSA) is 36.8 Å². The maximum atomic E-state index is 5.16. The van der Waals surface area contributed by atoms with E-state index in [0.717, 1.165) is 28.4 Å². The highest BCUT2D eigenvalue weighted by Gasteiger charge is 2.21. The normalized spacial score (nSPS) is 14.9. The van der Waals surface area contributed by atoms with E-state index in [9.17, 15) is 0 Å². The van der Waals surface area contributed by atoms with E-state index in [1.165, 1.54) is 43.4 Å². The van der Waals surface area contributed by atoms with Crippen LogP contribution in [0.5, 0.6) is 0 Å². The first-order valence-corrected chi connectivity index (χ1v) is 14.3. The molecule has 0 fully saturated rings. The summed E-state index contributed by atoms with van der Waals surface area (Å²) < 4.78 is 0. The Bertz CT molecular complexity index is 2180. The van der Waals surface area contributed by atoms with Crippen molar-refractivity contribution in [2.45, 2.75) is 6.17 Å². The first kappa shape index (κ1) is 24.3. The Morgan fingerprint density at radius 2 is 0.810 bits per heavy atom. The van der Waals surface area contributed by atoms with Gasteiger partial charge in [0, 0.05) is 11.1 Å². The number of nitrogens with zero attached hydrogens (tertiary/aromatic N) is 2. The Morgan fingerprint density at radius 1 is 0.357 bits per heavy atom. The minimum absolute atomic E-state index is 0.358. The van der Waals surface area contributed by atoms with Gasteiger partial charge in [-0.2, -0.15) is 0 Å². The Kier molecular flexibility index (Phi) is 5.86. The molecule has 0 aromatic heterocycles. The van der Waals surface area contributed by atoms with Gasteiger partial charge >= 0.3 is 0 Å². The number of rotatable bonds is 4. The van der Waals surface area contributed by atoms with Crippen LogP contribution in [0.25, 0.3) is 43.4 Å². The molecule has 3 nitrogen and oxygen atoms in total. The van der Waals surface area contributed by atoms with Crippen molar-refractivity contribution in [3.8, 4) is 11.1 Å². The fourth-order valence-electron chi connectivity index (χ4n) is 5.80. The Labute approximate surface area is 244 Å². The zero-order valence-electron chi connectivity index (χ0n) is 22.9. The van der Waals surface area contributed by atoms with Crippen LogP contribution in [0.3, 0.4) is 0 Å². The van der Waals surface area contributed by atoms with Crippen LogP contribution in [-0.2, 0) is 0 Å². The minimum Gasteiger partial charge on any atom is -0.324 e. The molecule has 1 aliphatic rings. The molecular weight excluding hydrogens is 510 g/mol. The number of benzene rings is 7. The van der Waals surface area contributed by atoms with Crippen molar-refractivity contribution in [2.75, 3.05) is 0 Å². The second kappa shape index (κ2) is 10.1. The Hall–Kier alpha value is -5.54. The van der Waals surface area contributed by atoms with E-state index in [4.69, 9.17) is 9.98 Å². The number of nitrogens with one attached hydrogen (secondary N) is 1. The van der Waals surface area contributed by atoms with Crippen molar-refractivity contribution in [2.24, 2.45) is 9.98 Å². The molecule has 0 saturated heterocycles. The van der Waals surface area contributed by atoms with E-state index < -0.39 is 0 Å². The molecule has 0 amide bonds. The number of amidine groups is 2. The molecule has 7 aromatic carbocycles. The summed E-state index contributed by atoms with van der Waals surface area (Å²) in [7, 11) is 0. The van der Waals surface area contributed by atoms with Crippen LogP contribution in [0.2, 0.25) is 0 Å². The summed E-state index contributed by atoms with van der Waals surface area (Å²) in [4.78, 5) is 10.3. The average Bonchev–Trinajstić information content (AvgIpc) is 3.07. The van der Waals surface area contributed by atoms with Crippen LogP contribution >= 0.6 is 0 Å². The third kappa shape index (κ3) is 4.51. The fourth-order valence-corrected chi connectivity index (χ4v) is 5.80. The van der Waals surface area contributed by atoms with Crippen LogP contribution < -0.4 is 5.32 Å². The van der Waals surface area contributed by atoms with Gasteiger partial charge in [0.25, 0.3) is 0 Å². The Morgan fingerprint density at radius 3 is 1.45 bits per heavy atom. The van der Waals surface area contributed by atoms with Crippen molar-refractivity contribution < 1.29 is 0 Å². The smallest absolute Gasteiger partial charge is 0.169 e. The maximum Gasteiger partial charge on any atom is 0.169 e. The molecule has 1 unspecified atom stereocenters. The van der Waals surface area contributed by atoms with Crippen molar-refractivity contribution in [3.63, 3.8) is 0 Å². The molecule has 0 aliphatic carbocycles. The Balaban J connectivity index is 1.22. The van der Waals surface area contributed by atoms with Crippen LogP contribution in [-0.4, -0.2) is 11.7 Å². The molecule has 198 valence electrons. The molecule has 42 heavy (non-hydrogen) atoms. The first-order valence-electron chi connectivity index (χ1n) is 14.3. The van der Waals surface area contributed by atoms with E-state index in [0.29, 0.717) is 0 Å². The average molecular weight is 538 g/mol. The minimum atomic E-state index is -0.358. The van der Waals surface area contributed by atoms with Gasteiger partial charge in [0.15, 0.2) is 6.17 Å². The molecule has 0 radical (unpaired) electrons. The predicted molar refractivity (Wildman–Crippen MR) is 176 cm³/mol. The number of fused-ring (bicyclic) bond motifs is 3. The summed E-state index contributed by atoms with van der Waals surface area (Å²) in [5.74, 6) is 1.64. The lowest BCUT2D eigenvalue weighted by Crippen LogP contribution is -2.36. The third-order valence-electron chi connectivity index (χ3n) is 8.05. The largest absolute Gasteiger partial charge is 0.324 e. The molecule has 0 spiro atoms. The first-order chi connectivity index (χ1) is 20.8.